The summed E-state index contributed by atoms with van der Waals surface area (Å²) in [4.78, 5) is 20.3. The first-order chi connectivity index (χ1) is 11.3. The van der Waals surface area contributed by atoms with Crippen molar-refractivity contribution in [1.82, 2.24) is 19.7 Å². The number of rotatable bonds is 6. The van der Waals surface area contributed by atoms with Crippen LogP contribution in [0.1, 0.15) is 18.4 Å². The van der Waals surface area contributed by atoms with Crippen molar-refractivity contribution in [1.29, 1.82) is 0 Å². The van der Waals surface area contributed by atoms with Crippen LogP contribution in [0, 0.1) is 0 Å². The Morgan fingerprint density at radius 1 is 1.09 bits per heavy atom. The molecule has 0 unspecified atom stereocenters. The third-order valence-corrected chi connectivity index (χ3v) is 3.34. The number of benzene rings is 1. The smallest absolute Gasteiger partial charge is 0.250 e. The standard InChI is InChI=1S/C17H17N5O/c23-16(9-4-8-14-6-2-1-3-7-14)21-15-12-18-17(19-13-15)22-11-5-10-20-22/h1-3,5-7,10-13H,4,8-9H2,(H,21,23). The van der Waals surface area contributed by atoms with Gasteiger partial charge in [-0.2, -0.15) is 5.10 Å². The molecule has 0 radical (unpaired) electrons. The van der Waals surface area contributed by atoms with Gasteiger partial charge in [0.25, 0.3) is 5.95 Å². The summed E-state index contributed by atoms with van der Waals surface area (Å²) in [5.41, 5.74) is 1.83. The molecule has 23 heavy (non-hydrogen) atoms. The van der Waals surface area contributed by atoms with Crippen molar-refractivity contribution in [2.45, 2.75) is 19.3 Å². The summed E-state index contributed by atoms with van der Waals surface area (Å²) < 4.78 is 1.56. The van der Waals surface area contributed by atoms with Crippen molar-refractivity contribution in [3.63, 3.8) is 0 Å². The number of anilines is 1. The first-order valence-corrected chi connectivity index (χ1v) is 7.47. The molecule has 0 aliphatic heterocycles. The van der Waals surface area contributed by atoms with Crippen molar-refractivity contribution < 1.29 is 4.79 Å². The predicted octanol–water partition coefficient (Wildman–Crippen LogP) is 2.62. The van der Waals surface area contributed by atoms with Gasteiger partial charge in [0.2, 0.25) is 5.91 Å². The van der Waals surface area contributed by atoms with E-state index < -0.39 is 0 Å². The van der Waals surface area contributed by atoms with Crippen LogP contribution in [-0.2, 0) is 11.2 Å². The number of amides is 1. The molecule has 1 amide bonds. The summed E-state index contributed by atoms with van der Waals surface area (Å²) in [6.07, 6.45) is 8.75. The van der Waals surface area contributed by atoms with E-state index >= 15 is 0 Å². The predicted molar refractivity (Wildman–Crippen MR) is 87.2 cm³/mol. The molecule has 6 nitrogen and oxygen atoms in total. The zero-order valence-electron chi connectivity index (χ0n) is 12.6. The number of hydrogen-bond donors (Lipinski definition) is 1. The lowest BCUT2D eigenvalue weighted by Gasteiger charge is -2.05. The Bertz CT molecular complexity index is 738. The van der Waals surface area contributed by atoms with E-state index in [0.29, 0.717) is 18.1 Å². The summed E-state index contributed by atoms with van der Waals surface area (Å²) in [5.74, 6) is 0.438. The fourth-order valence-electron chi connectivity index (χ4n) is 2.21. The molecule has 0 bridgehead atoms. The Balaban J connectivity index is 1.48. The monoisotopic (exact) mass is 307 g/mol. The highest BCUT2D eigenvalue weighted by Crippen LogP contribution is 2.08. The van der Waals surface area contributed by atoms with Gasteiger partial charge in [-0.25, -0.2) is 14.6 Å². The molecule has 0 atom stereocenters. The van der Waals surface area contributed by atoms with Gasteiger partial charge in [0, 0.05) is 18.8 Å². The van der Waals surface area contributed by atoms with Gasteiger partial charge in [-0.15, -0.1) is 0 Å². The maximum absolute atomic E-state index is 11.9. The molecule has 2 aromatic heterocycles. The van der Waals surface area contributed by atoms with E-state index in [9.17, 15) is 4.79 Å². The second-order valence-electron chi connectivity index (χ2n) is 5.11. The molecule has 6 heteroatoms. The van der Waals surface area contributed by atoms with E-state index in [4.69, 9.17) is 0 Å². The van der Waals surface area contributed by atoms with Gasteiger partial charge < -0.3 is 5.32 Å². The average Bonchev–Trinajstić information content (AvgIpc) is 3.11. The van der Waals surface area contributed by atoms with Gasteiger partial charge in [0.15, 0.2) is 0 Å². The van der Waals surface area contributed by atoms with Gasteiger partial charge >= 0.3 is 0 Å². The number of aryl methyl sites for hydroxylation is 1. The highest BCUT2D eigenvalue weighted by molar-refractivity contribution is 5.90. The van der Waals surface area contributed by atoms with Gasteiger partial charge in [-0.1, -0.05) is 30.3 Å². The van der Waals surface area contributed by atoms with Crippen LogP contribution in [0.25, 0.3) is 5.95 Å². The van der Waals surface area contributed by atoms with Crippen molar-refractivity contribution in [2.24, 2.45) is 0 Å². The molecular formula is C17H17N5O. The van der Waals surface area contributed by atoms with Crippen LogP contribution >= 0.6 is 0 Å². The highest BCUT2D eigenvalue weighted by Gasteiger charge is 2.05. The van der Waals surface area contributed by atoms with Crippen LogP contribution in [0.5, 0.6) is 0 Å². The Morgan fingerprint density at radius 3 is 2.57 bits per heavy atom. The maximum atomic E-state index is 11.9. The summed E-state index contributed by atoms with van der Waals surface area (Å²) in [6, 6.07) is 11.9. The number of aromatic nitrogens is 4. The first kappa shape index (κ1) is 14.9. The number of hydrogen-bond acceptors (Lipinski definition) is 4. The summed E-state index contributed by atoms with van der Waals surface area (Å²) in [6.45, 7) is 0. The second-order valence-corrected chi connectivity index (χ2v) is 5.11. The van der Waals surface area contributed by atoms with E-state index in [1.165, 1.54) is 5.56 Å². The van der Waals surface area contributed by atoms with Gasteiger partial charge in [0.05, 0.1) is 18.1 Å². The highest BCUT2D eigenvalue weighted by atomic mass is 16.1. The minimum Gasteiger partial charge on any atom is -0.323 e. The van der Waals surface area contributed by atoms with Crippen LogP contribution in [0.15, 0.2) is 61.2 Å². The third-order valence-electron chi connectivity index (χ3n) is 3.34. The van der Waals surface area contributed by atoms with E-state index in [-0.39, 0.29) is 5.91 Å². The van der Waals surface area contributed by atoms with Crippen LogP contribution in [0.4, 0.5) is 5.69 Å². The fraction of sp³-hybridized carbons (Fsp3) is 0.176. The average molecular weight is 307 g/mol. The van der Waals surface area contributed by atoms with Gasteiger partial charge in [0.1, 0.15) is 0 Å². The Labute approximate surface area is 134 Å². The molecule has 1 N–H and O–H groups in total. The lowest BCUT2D eigenvalue weighted by Crippen LogP contribution is -2.12. The molecule has 1 aromatic carbocycles. The molecular weight excluding hydrogens is 290 g/mol. The minimum atomic E-state index is -0.0311. The SMILES string of the molecule is O=C(CCCc1ccccc1)Nc1cnc(-n2cccn2)nc1. The molecule has 0 aliphatic rings. The second kappa shape index (κ2) is 7.31. The van der Waals surface area contributed by atoms with E-state index in [1.807, 2.05) is 18.2 Å². The van der Waals surface area contributed by atoms with Gasteiger partial charge in [-0.05, 0) is 24.5 Å². The molecule has 3 rings (SSSR count). The molecule has 116 valence electrons. The zero-order chi connectivity index (χ0) is 15.9. The Hall–Kier alpha value is -3.02. The number of carbonyl (C=O) groups is 1. The molecule has 0 aliphatic carbocycles. The van der Waals surface area contributed by atoms with Crippen molar-refractivity contribution in [2.75, 3.05) is 5.32 Å². The normalized spacial score (nSPS) is 10.4. The summed E-state index contributed by atoms with van der Waals surface area (Å²) in [5, 5.41) is 6.86. The molecule has 0 saturated carbocycles. The van der Waals surface area contributed by atoms with Crippen molar-refractivity contribution in [3.05, 3.63) is 66.7 Å². The van der Waals surface area contributed by atoms with E-state index in [0.717, 1.165) is 12.8 Å². The molecule has 0 saturated heterocycles. The third kappa shape index (κ3) is 4.23. The topological polar surface area (TPSA) is 72.7 Å². The van der Waals surface area contributed by atoms with Crippen LogP contribution < -0.4 is 5.32 Å². The lowest BCUT2D eigenvalue weighted by atomic mass is 10.1. The van der Waals surface area contributed by atoms with Crippen molar-refractivity contribution in [3.8, 4) is 5.95 Å². The van der Waals surface area contributed by atoms with Crippen LogP contribution in [0.3, 0.4) is 0 Å². The molecule has 0 spiro atoms. The quantitative estimate of drug-likeness (QED) is 0.760. The molecule has 3 aromatic rings. The first-order valence-electron chi connectivity index (χ1n) is 7.47. The van der Waals surface area contributed by atoms with Crippen LogP contribution in [-0.4, -0.2) is 25.7 Å². The summed E-state index contributed by atoms with van der Waals surface area (Å²) in [7, 11) is 0. The Morgan fingerprint density at radius 2 is 1.87 bits per heavy atom. The number of nitrogens with one attached hydrogen (secondary N) is 1. The molecule has 0 fully saturated rings. The lowest BCUT2D eigenvalue weighted by molar-refractivity contribution is -0.116. The molecule has 2 heterocycles. The maximum Gasteiger partial charge on any atom is 0.250 e. The fourth-order valence-corrected chi connectivity index (χ4v) is 2.21. The van der Waals surface area contributed by atoms with Crippen LogP contribution in [0.2, 0.25) is 0 Å². The zero-order valence-corrected chi connectivity index (χ0v) is 12.6. The van der Waals surface area contributed by atoms with E-state index in [2.05, 4.69) is 32.5 Å². The summed E-state index contributed by atoms with van der Waals surface area (Å²) >= 11 is 0. The number of nitrogens with zero attached hydrogens (tertiary/aromatic N) is 4. The Kier molecular flexibility index (Phi) is 4.73. The van der Waals surface area contributed by atoms with Crippen molar-refractivity contribution >= 4 is 11.6 Å². The van der Waals surface area contributed by atoms with Gasteiger partial charge in [-0.3, -0.25) is 4.79 Å². The minimum absolute atomic E-state index is 0.0311. The largest absolute Gasteiger partial charge is 0.323 e. The van der Waals surface area contributed by atoms with E-state index in [1.54, 1.807) is 35.5 Å². The number of carbonyl (C=O) groups excluding carboxylic acids is 1.